The third-order valence-corrected chi connectivity index (χ3v) is 5.34. The first-order chi connectivity index (χ1) is 12.8. The SMILES string of the molecule is CC(=O)N1CC[C@@H](NC(=O)c2cnc(N3CCN(C)CC3)nc2C)[C@H](O)C1. The molecule has 2 amide bonds. The molecule has 0 spiro atoms. The molecule has 3 heterocycles. The fourth-order valence-electron chi connectivity index (χ4n) is 3.47. The summed E-state index contributed by atoms with van der Waals surface area (Å²) in [5.41, 5.74) is 1.03. The zero-order chi connectivity index (χ0) is 19.6. The average Bonchev–Trinajstić information content (AvgIpc) is 2.63. The summed E-state index contributed by atoms with van der Waals surface area (Å²) >= 11 is 0. The smallest absolute Gasteiger partial charge is 0.255 e. The number of carbonyl (C=O) groups excluding carboxylic acids is 2. The summed E-state index contributed by atoms with van der Waals surface area (Å²) in [7, 11) is 2.09. The molecule has 27 heavy (non-hydrogen) atoms. The van der Waals surface area contributed by atoms with Gasteiger partial charge in [0.15, 0.2) is 0 Å². The van der Waals surface area contributed by atoms with Crippen LogP contribution in [0.15, 0.2) is 6.20 Å². The van der Waals surface area contributed by atoms with Gasteiger partial charge in [0.1, 0.15) is 0 Å². The topological polar surface area (TPSA) is 102 Å². The van der Waals surface area contributed by atoms with Crippen LogP contribution in [0, 0.1) is 6.92 Å². The summed E-state index contributed by atoms with van der Waals surface area (Å²) in [6.07, 6.45) is 1.30. The lowest BCUT2D eigenvalue weighted by molar-refractivity contribution is -0.132. The predicted molar refractivity (Wildman–Crippen MR) is 101 cm³/mol. The molecule has 2 aliphatic heterocycles. The van der Waals surface area contributed by atoms with Gasteiger partial charge < -0.3 is 25.1 Å². The number of aryl methyl sites for hydroxylation is 1. The fraction of sp³-hybridized carbons (Fsp3) is 0.667. The number of anilines is 1. The van der Waals surface area contributed by atoms with Gasteiger partial charge >= 0.3 is 0 Å². The van der Waals surface area contributed by atoms with Crippen LogP contribution in [0.25, 0.3) is 0 Å². The maximum absolute atomic E-state index is 12.6. The van der Waals surface area contributed by atoms with Crippen molar-refractivity contribution in [2.24, 2.45) is 0 Å². The van der Waals surface area contributed by atoms with Crippen molar-refractivity contribution in [2.75, 3.05) is 51.2 Å². The summed E-state index contributed by atoms with van der Waals surface area (Å²) in [5, 5.41) is 13.1. The Morgan fingerprint density at radius 3 is 2.52 bits per heavy atom. The van der Waals surface area contributed by atoms with Crippen LogP contribution in [0.4, 0.5) is 5.95 Å². The van der Waals surface area contributed by atoms with E-state index in [2.05, 4.69) is 32.1 Å². The Morgan fingerprint density at radius 2 is 1.93 bits per heavy atom. The standard InChI is InChI=1S/C18H28N6O3/c1-12-14(10-19-18(20-12)23-8-6-22(3)7-9-23)17(27)21-15-4-5-24(13(2)25)11-16(15)26/h10,15-16,26H,4-9,11H2,1-3H3,(H,21,27)/t15-,16-/m1/s1. The van der Waals surface area contributed by atoms with Gasteiger partial charge in [-0.1, -0.05) is 0 Å². The number of rotatable bonds is 3. The van der Waals surface area contributed by atoms with Gasteiger partial charge in [0.05, 0.1) is 23.4 Å². The van der Waals surface area contributed by atoms with Crippen molar-refractivity contribution in [1.29, 1.82) is 0 Å². The number of nitrogens with zero attached hydrogens (tertiary/aromatic N) is 5. The predicted octanol–water partition coefficient (Wildman–Crippen LogP) is -0.752. The molecule has 0 saturated carbocycles. The summed E-state index contributed by atoms with van der Waals surface area (Å²) in [4.78, 5) is 38.9. The quantitative estimate of drug-likeness (QED) is 0.716. The van der Waals surface area contributed by atoms with Gasteiger partial charge in [0, 0.05) is 52.4 Å². The van der Waals surface area contributed by atoms with Crippen LogP contribution in [0.2, 0.25) is 0 Å². The van der Waals surface area contributed by atoms with Gasteiger partial charge in [0.2, 0.25) is 11.9 Å². The van der Waals surface area contributed by atoms with E-state index < -0.39 is 6.10 Å². The number of hydrogen-bond acceptors (Lipinski definition) is 7. The molecule has 0 aromatic carbocycles. The van der Waals surface area contributed by atoms with E-state index >= 15 is 0 Å². The van der Waals surface area contributed by atoms with E-state index in [0.717, 1.165) is 26.2 Å². The number of β-amino-alcohol motifs (C(OH)–C–C–N with tert-alkyl or cyclic N) is 1. The van der Waals surface area contributed by atoms with Crippen LogP contribution in [0.5, 0.6) is 0 Å². The maximum atomic E-state index is 12.6. The molecule has 2 saturated heterocycles. The van der Waals surface area contributed by atoms with E-state index in [4.69, 9.17) is 0 Å². The Balaban J connectivity index is 1.62. The monoisotopic (exact) mass is 376 g/mol. The Kier molecular flexibility index (Phi) is 5.91. The second-order valence-electron chi connectivity index (χ2n) is 7.36. The van der Waals surface area contributed by atoms with E-state index in [9.17, 15) is 14.7 Å². The van der Waals surface area contributed by atoms with Crippen LogP contribution in [0.1, 0.15) is 29.4 Å². The minimum atomic E-state index is -0.780. The van der Waals surface area contributed by atoms with E-state index in [-0.39, 0.29) is 24.4 Å². The number of carbonyl (C=O) groups is 2. The minimum Gasteiger partial charge on any atom is -0.389 e. The van der Waals surface area contributed by atoms with E-state index in [1.165, 1.54) is 6.92 Å². The molecule has 2 aliphatic rings. The average molecular weight is 376 g/mol. The third-order valence-electron chi connectivity index (χ3n) is 5.34. The van der Waals surface area contributed by atoms with Gasteiger partial charge in [-0.25, -0.2) is 9.97 Å². The Bertz CT molecular complexity index is 704. The zero-order valence-electron chi connectivity index (χ0n) is 16.2. The summed E-state index contributed by atoms with van der Waals surface area (Å²) in [6, 6.07) is -0.384. The highest BCUT2D eigenvalue weighted by molar-refractivity contribution is 5.95. The van der Waals surface area contributed by atoms with Crippen LogP contribution in [-0.4, -0.2) is 95.2 Å². The first kappa shape index (κ1) is 19.5. The number of likely N-dealkylation sites (N-methyl/N-ethyl adjacent to an activating group) is 1. The summed E-state index contributed by atoms with van der Waals surface area (Å²) < 4.78 is 0. The normalized spacial score (nSPS) is 24.0. The third kappa shape index (κ3) is 4.54. The second kappa shape index (κ2) is 8.18. The van der Waals surface area contributed by atoms with E-state index in [1.54, 1.807) is 18.0 Å². The van der Waals surface area contributed by atoms with Gasteiger partial charge in [0.25, 0.3) is 5.91 Å². The highest BCUT2D eigenvalue weighted by Crippen LogP contribution is 2.15. The van der Waals surface area contributed by atoms with Crippen molar-refractivity contribution >= 4 is 17.8 Å². The summed E-state index contributed by atoms with van der Waals surface area (Å²) in [5.74, 6) is 0.285. The molecule has 1 aromatic heterocycles. The lowest BCUT2D eigenvalue weighted by atomic mass is 10.0. The summed E-state index contributed by atoms with van der Waals surface area (Å²) in [6.45, 7) is 7.68. The maximum Gasteiger partial charge on any atom is 0.255 e. The van der Waals surface area contributed by atoms with Crippen LogP contribution in [-0.2, 0) is 4.79 Å². The van der Waals surface area contributed by atoms with Crippen molar-refractivity contribution in [3.63, 3.8) is 0 Å². The lowest BCUT2D eigenvalue weighted by Gasteiger charge is -2.35. The minimum absolute atomic E-state index is 0.0671. The molecule has 0 aliphatic carbocycles. The Morgan fingerprint density at radius 1 is 1.22 bits per heavy atom. The molecular weight excluding hydrogens is 348 g/mol. The molecule has 2 atom stereocenters. The van der Waals surface area contributed by atoms with E-state index in [1.807, 2.05) is 0 Å². The number of hydrogen-bond donors (Lipinski definition) is 2. The number of aromatic nitrogens is 2. The van der Waals surface area contributed by atoms with E-state index in [0.29, 0.717) is 30.2 Å². The molecule has 9 heteroatoms. The van der Waals surface area contributed by atoms with Crippen LogP contribution >= 0.6 is 0 Å². The largest absolute Gasteiger partial charge is 0.389 e. The molecule has 2 fully saturated rings. The van der Waals surface area contributed by atoms with Crippen molar-refractivity contribution in [3.8, 4) is 0 Å². The highest BCUT2D eigenvalue weighted by Gasteiger charge is 2.30. The fourth-order valence-corrected chi connectivity index (χ4v) is 3.47. The molecule has 9 nitrogen and oxygen atoms in total. The number of aliphatic hydroxyl groups excluding tert-OH is 1. The number of nitrogens with one attached hydrogen (secondary N) is 1. The van der Waals surface area contributed by atoms with Crippen molar-refractivity contribution < 1.29 is 14.7 Å². The van der Waals surface area contributed by atoms with Gasteiger partial charge in [-0.3, -0.25) is 9.59 Å². The van der Waals surface area contributed by atoms with Crippen molar-refractivity contribution in [3.05, 3.63) is 17.5 Å². The second-order valence-corrected chi connectivity index (χ2v) is 7.36. The van der Waals surface area contributed by atoms with Crippen molar-refractivity contribution in [2.45, 2.75) is 32.4 Å². The number of aliphatic hydroxyl groups is 1. The van der Waals surface area contributed by atoms with Gasteiger partial charge in [-0.15, -0.1) is 0 Å². The molecular formula is C18H28N6O3. The van der Waals surface area contributed by atoms with Crippen molar-refractivity contribution in [1.82, 2.24) is 25.1 Å². The molecule has 2 N–H and O–H groups in total. The molecule has 0 radical (unpaired) electrons. The Hall–Kier alpha value is -2.26. The Labute approximate surface area is 159 Å². The zero-order valence-corrected chi connectivity index (χ0v) is 16.2. The molecule has 3 rings (SSSR count). The molecule has 1 aromatic rings. The molecule has 0 unspecified atom stereocenters. The van der Waals surface area contributed by atoms with Crippen LogP contribution in [0.3, 0.4) is 0 Å². The number of piperazine rings is 1. The lowest BCUT2D eigenvalue weighted by Crippen LogP contribution is -2.55. The molecule has 148 valence electrons. The van der Waals surface area contributed by atoms with Gasteiger partial charge in [-0.2, -0.15) is 0 Å². The van der Waals surface area contributed by atoms with Crippen LogP contribution < -0.4 is 10.2 Å². The first-order valence-corrected chi connectivity index (χ1v) is 9.36. The van der Waals surface area contributed by atoms with Gasteiger partial charge in [-0.05, 0) is 20.4 Å². The highest BCUT2D eigenvalue weighted by atomic mass is 16.3. The number of piperidine rings is 1. The number of likely N-dealkylation sites (tertiary alicyclic amines) is 1. The molecule has 0 bridgehead atoms. The first-order valence-electron chi connectivity index (χ1n) is 9.36. The number of amides is 2.